The summed E-state index contributed by atoms with van der Waals surface area (Å²) < 4.78 is 0. The van der Waals surface area contributed by atoms with Crippen molar-refractivity contribution in [3.8, 4) is 0 Å². The molecule has 0 aromatic heterocycles. The first kappa shape index (κ1) is 15.1. The topological polar surface area (TPSA) is 49.6 Å². The number of nitrogens with zero attached hydrogens (tertiary/aromatic N) is 2. The maximum atomic E-state index is 12.4. The van der Waals surface area contributed by atoms with E-state index in [4.69, 9.17) is 17.3 Å². The Morgan fingerprint density at radius 3 is 2.55 bits per heavy atom. The van der Waals surface area contributed by atoms with Crippen LogP contribution < -0.4 is 5.73 Å². The molecule has 1 aromatic carbocycles. The smallest absolute Gasteiger partial charge is 0.253 e. The first-order valence-electron chi connectivity index (χ1n) is 7.11. The first-order chi connectivity index (χ1) is 9.52. The molecule has 110 valence electrons. The number of amides is 1. The van der Waals surface area contributed by atoms with Crippen molar-refractivity contribution in [1.82, 2.24) is 9.80 Å². The molecule has 2 rings (SSSR count). The largest absolute Gasteiger partial charge is 0.398 e. The zero-order chi connectivity index (χ0) is 14.7. The molecular weight excluding hydrogens is 274 g/mol. The van der Waals surface area contributed by atoms with Crippen molar-refractivity contribution in [1.29, 1.82) is 0 Å². The Bertz CT molecular complexity index is 484. The molecule has 1 saturated heterocycles. The molecule has 1 aromatic rings. The highest BCUT2D eigenvalue weighted by Crippen LogP contribution is 2.21. The van der Waals surface area contributed by atoms with Crippen molar-refractivity contribution in [2.24, 2.45) is 0 Å². The van der Waals surface area contributed by atoms with Crippen molar-refractivity contribution < 1.29 is 4.79 Å². The maximum Gasteiger partial charge on any atom is 0.253 e. The predicted octanol–water partition coefficient (Wildman–Crippen LogP) is 2.48. The standard InChI is InChI=1S/C15H22ClN3O/c1-3-11(2)18-6-8-19(9-7-18)15(20)12-4-5-14(17)13(16)10-12/h4-5,10-11H,3,6-9,17H2,1-2H3. The second-order valence-corrected chi connectivity index (χ2v) is 5.73. The third-order valence-corrected chi connectivity index (χ3v) is 4.39. The van der Waals surface area contributed by atoms with Gasteiger partial charge in [-0.1, -0.05) is 18.5 Å². The zero-order valence-electron chi connectivity index (χ0n) is 12.1. The Morgan fingerprint density at radius 1 is 1.35 bits per heavy atom. The number of carbonyl (C=O) groups is 1. The summed E-state index contributed by atoms with van der Waals surface area (Å²) in [4.78, 5) is 16.7. The minimum atomic E-state index is 0.0377. The lowest BCUT2D eigenvalue weighted by Crippen LogP contribution is -2.51. The lowest BCUT2D eigenvalue weighted by atomic mass is 10.1. The lowest BCUT2D eigenvalue weighted by Gasteiger charge is -2.37. The third-order valence-electron chi connectivity index (χ3n) is 4.06. The van der Waals surface area contributed by atoms with E-state index in [2.05, 4.69) is 18.7 Å². The van der Waals surface area contributed by atoms with Gasteiger partial charge in [0.25, 0.3) is 5.91 Å². The van der Waals surface area contributed by atoms with Gasteiger partial charge in [-0.3, -0.25) is 9.69 Å². The van der Waals surface area contributed by atoms with Crippen LogP contribution in [0.1, 0.15) is 30.6 Å². The molecule has 1 heterocycles. The number of halogens is 1. The fourth-order valence-electron chi connectivity index (χ4n) is 2.47. The summed E-state index contributed by atoms with van der Waals surface area (Å²) in [5.74, 6) is 0.0377. The minimum Gasteiger partial charge on any atom is -0.398 e. The highest BCUT2D eigenvalue weighted by molar-refractivity contribution is 6.33. The quantitative estimate of drug-likeness (QED) is 0.872. The Balaban J connectivity index is 1.99. The van der Waals surface area contributed by atoms with Crippen molar-refractivity contribution in [3.05, 3.63) is 28.8 Å². The Labute approximate surface area is 125 Å². The number of carbonyl (C=O) groups excluding carboxylic acids is 1. The summed E-state index contributed by atoms with van der Waals surface area (Å²) >= 11 is 5.98. The molecule has 4 nitrogen and oxygen atoms in total. The van der Waals surface area contributed by atoms with E-state index < -0.39 is 0 Å². The van der Waals surface area contributed by atoms with E-state index in [9.17, 15) is 4.79 Å². The van der Waals surface area contributed by atoms with E-state index in [-0.39, 0.29) is 5.91 Å². The normalized spacial score (nSPS) is 18.1. The van der Waals surface area contributed by atoms with Crippen LogP contribution >= 0.6 is 11.6 Å². The van der Waals surface area contributed by atoms with Crippen LogP contribution in [0, 0.1) is 0 Å². The minimum absolute atomic E-state index is 0.0377. The fraction of sp³-hybridized carbons (Fsp3) is 0.533. The van der Waals surface area contributed by atoms with Crippen LogP contribution in [0.4, 0.5) is 5.69 Å². The van der Waals surface area contributed by atoms with Crippen LogP contribution in [0.5, 0.6) is 0 Å². The van der Waals surface area contributed by atoms with E-state index in [0.717, 1.165) is 32.6 Å². The summed E-state index contributed by atoms with van der Waals surface area (Å²) in [6.07, 6.45) is 1.14. The van der Waals surface area contributed by atoms with Gasteiger partial charge in [0, 0.05) is 37.8 Å². The third kappa shape index (κ3) is 3.25. The Morgan fingerprint density at radius 2 is 2.00 bits per heavy atom. The maximum absolute atomic E-state index is 12.4. The fourth-order valence-corrected chi connectivity index (χ4v) is 2.65. The summed E-state index contributed by atoms with van der Waals surface area (Å²) in [5, 5.41) is 0.439. The molecule has 0 aliphatic carbocycles. The lowest BCUT2D eigenvalue weighted by molar-refractivity contribution is 0.0579. The average molecular weight is 296 g/mol. The van der Waals surface area contributed by atoms with E-state index >= 15 is 0 Å². The Kier molecular flexibility index (Phi) is 4.89. The van der Waals surface area contributed by atoms with Gasteiger partial charge in [-0.2, -0.15) is 0 Å². The molecule has 20 heavy (non-hydrogen) atoms. The van der Waals surface area contributed by atoms with Crippen molar-refractivity contribution in [2.75, 3.05) is 31.9 Å². The monoisotopic (exact) mass is 295 g/mol. The summed E-state index contributed by atoms with van der Waals surface area (Å²) in [5.41, 5.74) is 6.79. The second-order valence-electron chi connectivity index (χ2n) is 5.32. The SMILES string of the molecule is CCC(C)N1CCN(C(=O)c2ccc(N)c(Cl)c2)CC1. The first-order valence-corrected chi connectivity index (χ1v) is 7.49. The second kappa shape index (κ2) is 6.46. The van der Waals surface area contributed by atoms with Gasteiger partial charge >= 0.3 is 0 Å². The summed E-state index contributed by atoms with van der Waals surface area (Å²) in [6, 6.07) is 5.66. The Hall–Kier alpha value is -1.26. The number of nitrogen functional groups attached to an aromatic ring is 1. The van der Waals surface area contributed by atoms with E-state index in [1.807, 2.05) is 4.90 Å². The van der Waals surface area contributed by atoms with Crippen LogP contribution in [-0.2, 0) is 0 Å². The van der Waals surface area contributed by atoms with E-state index in [1.165, 1.54) is 0 Å². The van der Waals surface area contributed by atoms with Crippen molar-refractivity contribution in [3.63, 3.8) is 0 Å². The van der Waals surface area contributed by atoms with Crippen molar-refractivity contribution in [2.45, 2.75) is 26.3 Å². The van der Waals surface area contributed by atoms with Gasteiger partial charge in [0.05, 0.1) is 10.7 Å². The zero-order valence-corrected chi connectivity index (χ0v) is 12.9. The summed E-state index contributed by atoms with van der Waals surface area (Å²) in [7, 11) is 0. The predicted molar refractivity (Wildman–Crippen MR) is 83.1 cm³/mol. The van der Waals surface area contributed by atoms with Gasteiger partial charge in [0.1, 0.15) is 0 Å². The number of hydrogen-bond acceptors (Lipinski definition) is 3. The van der Waals surface area contributed by atoms with Gasteiger partial charge in [0.15, 0.2) is 0 Å². The van der Waals surface area contributed by atoms with Crippen LogP contribution in [-0.4, -0.2) is 47.9 Å². The summed E-state index contributed by atoms with van der Waals surface area (Å²) in [6.45, 7) is 7.83. The number of hydrogen-bond donors (Lipinski definition) is 1. The molecule has 0 radical (unpaired) electrons. The molecule has 5 heteroatoms. The highest BCUT2D eigenvalue weighted by Gasteiger charge is 2.24. The van der Waals surface area contributed by atoms with Crippen LogP contribution in [0.3, 0.4) is 0 Å². The van der Waals surface area contributed by atoms with Gasteiger partial charge in [-0.05, 0) is 31.5 Å². The molecular formula is C15H22ClN3O. The van der Waals surface area contributed by atoms with E-state index in [0.29, 0.717) is 22.3 Å². The number of anilines is 1. The van der Waals surface area contributed by atoms with Crippen LogP contribution in [0.2, 0.25) is 5.02 Å². The molecule has 1 amide bonds. The van der Waals surface area contributed by atoms with Gasteiger partial charge < -0.3 is 10.6 Å². The molecule has 1 unspecified atom stereocenters. The highest BCUT2D eigenvalue weighted by atomic mass is 35.5. The van der Waals surface area contributed by atoms with Gasteiger partial charge in [0.2, 0.25) is 0 Å². The van der Waals surface area contributed by atoms with Gasteiger partial charge in [-0.25, -0.2) is 0 Å². The average Bonchev–Trinajstić information content (AvgIpc) is 2.48. The number of piperazine rings is 1. The molecule has 1 aliphatic rings. The van der Waals surface area contributed by atoms with Crippen LogP contribution in [0.25, 0.3) is 0 Å². The molecule has 1 aliphatic heterocycles. The molecule has 0 bridgehead atoms. The molecule has 2 N–H and O–H groups in total. The molecule has 0 spiro atoms. The van der Waals surface area contributed by atoms with Crippen LogP contribution in [0.15, 0.2) is 18.2 Å². The number of rotatable bonds is 3. The molecule has 0 saturated carbocycles. The molecule has 1 atom stereocenters. The van der Waals surface area contributed by atoms with Gasteiger partial charge in [-0.15, -0.1) is 0 Å². The van der Waals surface area contributed by atoms with Crippen molar-refractivity contribution >= 4 is 23.2 Å². The molecule has 1 fully saturated rings. The van der Waals surface area contributed by atoms with E-state index in [1.54, 1.807) is 18.2 Å². The number of benzene rings is 1. The number of nitrogens with two attached hydrogens (primary N) is 1.